The molecule has 0 saturated carbocycles. The van der Waals surface area contributed by atoms with Crippen LogP contribution in [0, 0.1) is 0 Å². The predicted octanol–water partition coefficient (Wildman–Crippen LogP) is 5.26. The van der Waals surface area contributed by atoms with Crippen LogP contribution in [0.25, 0.3) is 11.3 Å². The van der Waals surface area contributed by atoms with Gasteiger partial charge in [-0.3, -0.25) is 0 Å². The molecule has 1 aromatic heterocycles. The molecule has 0 atom stereocenters. The summed E-state index contributed by atoms with van der Waals surface area (Å²) in [6, 6.07) is 11.3. The molecular weight excluding hydrogens is 354 g/mol. The number of unbranched alkanes of at least 4 members (excludes halogenated alkanes) is 5. The second-order valence-electron chi connectivity index (χ2n) is 6.67. The largest absolute Gasteiger partial charge is 0.478 e. The minimum absolute atomic E-state index is 0.388. The number of aromatic amines is 1. The maximum absolute atomic E-state index is 12.2. The fraction of sp³-hybridized carbons (Fsp3) is 0.500. The lowest BCUT2D eigenvalue weighted by molar-refractivity contribution is 0.154. The molecule has 0 radical (unpaired) electrons. The van der Waals surface area contributed by atoms with Gasteiger partial charge in [0.25, 0.3) is 0 Å². The number of aromatic nitrogens is 2. The molecule has 152 valence electrons. The number of carbonyl (C=O) groups excluding carboxylic acids is 1. The number of hydrogen-bond acceptors (Lipinski definition) is 4. The average Bonchev–Trinajstić information content (AvgIpc) is 2.72. The molecule has 6 nitrogen and oxygen atoms in total. The van der Waals surface area contributed by atoms with E-state index >= 15 is 0 Å². The highest BCUT2D eigenvalue weighted by Crippen LogP contribution is 2.13. The van der Waals surface area contributed by atoms with Gasteiger partial charge < -0.3 is 9.47 Å². The van der Waals surface area contributed by atoms with E-state index in [-0.39, 0.29) is 0 Å². The Hall–Kier alpha value is -2.63. The van der Waals surface area contributed by atoms with Gasteiger partial charge in [0, 0.05) is 11.6 Å². The molecule has 0 spiro atoms. The van der Waals surface area contributed by atoms with Gasteiger partial charge in [-0.2, -0.15) is 10.1 Å². The van der Waals surface area contributed by atoms with Gasteiger partial charge in [-0.1, -0.05) is 76.3 Å². The van der Waals surface area contributed by atoms with Gasteiger partial charge >= 0.3 is 6.09 Å². The monoisotopic (exact) mass is 385 g/mol. The van der Waals surface area contributed by atoms with Crippen LogP contribution in [-0.4, -0.2) is 29.5 Å². The van der Waals surface area contributed by atoms with Crippen LogP contribution in [0.1, 0.15) is 58.8 Å². The average molecular weight is 386 g/mol. The van der Waals surface area contributed by atoms with Crippen molar-refractivity contribution in [2.45, 2.75) is 58.8 Å². The standard InChI is InChI=1S/C22H31N3O3/c1-3-5-7-8-12-16-28-22(26)23-19-17-20(27-15-6-4-2)24-25-21(19)18-13-10-9-11-14-18/h9-11,13-14,17H,3-8,12,15-16H2,1-2H3,(H,23,24,26). The fourth-order valence-corrected chi connectivity index (χ4v) is 2.68. The van der Waals surface area contributed by atoms with E-state index in [0.717, 1.165) is 31.2 Å². The third-order valence-corrected chi connectivity index (χ3v) is 4.28. The van der Waals surface area contributed by atoms with E-state index in [9.17, 15) is 4.79 Å². The van der Waals surface area contributed by atoms with Crippen molar-refractivity contribution in [3.63, 3.8) is 0 Å². The summed E-state index contributed by atoms with van der Waals surface area (Å²) in [6.07, 6.45) is 6.88. The minimum atomic E-state index is -0.597. The molecule has 0 aliphatic carbocycles. The maximum atomic E-state index is 12.2. The molecule has 28 heavy (non-hydrogen) atoms. The van der Waals surface area contributed by atoms with Crippen LogP contribution < -0.4 is 10.1 Å². The molecular formula is C22H31N3O3. The summed E-state index contributed by atoms with van der Waals surface area (Å²) < 4.78 is 10.9. The highest BCUT2D eigenvalue weighted by atomic mass is 16.5. The van der Waals surface area contributed by atoms with Crippen LogP contribution in [0.15, 0.2) is 41.4 Å². The second-order valence-corrected chi connectivity index (χ2v) is 6.67. The lowest BCUT2D eigenvalue weighted by atomic mass is 10.1. The zero-order valence-corrected chi connectivity index (χ0v) is 16.9. The molecule has 0 aliphatic rings. The van der Waals surface area contributed by atoms with Gasteiger partial charge in [0.15, 0.2) is 0 Å². The Morgan fingerprint density at radius 1 is 1.00 bits per heavy atom. The summed E-state index contributed by atoms with van der Waals surface area (Å²) in [6.45, 7) is 5.25. The van der Waals surface area contributed by atoms with Crippen LogP contribution in [0.5, 0.6) is 5.88 Å². The number of nitrogens with one attached hydrogen (secondary N) is 1. The van der Waals surface area contributed by atoms with Gasteiger partial charge in [-0.25, -0.2) is 9.89 Å². The molecule has 1 heterocycles. The number of carbonyl (C=O) groups is 1. The number of ether oxygens (including phenoxy) is 2. The summed E-state index contributed by atoms with van der Waals surface area (Å²) in [5, 5.41) is 7.69. The molecule has 0 saturated heterocycles. The van der Waals surface area contributed by atoms with Crippen molar-refractivity contribution >= 4 is 6.09 Å². The maximum Gasteiger partial charge on any atom is 0.434 e. The fourth-order valence-electron chi connectivity index (χ4n) is 2.68. The van der Waals surface area contributed by atoms with E-state index < -0.39 is 6.09 Å². The lowest BCUT2D eigenvalue weighted by Crippen LogP contribution is -2.15. The highest BCUT2D eigenvalue weighted by molar-refractivity contribution is 5.70. The Morgan fingerprint density at radius 3 is 2.50 bits per heavy atom. The van der Waals surface area contributed by atoms with Gasteiger partial charge in [0.1, 0.15) is 11.1 Å². The number of hydrogen-bond donors (Lipinski definition) is 1. The van der Waals surface area contributed by atoms with Crippen molar-refractivity contribution in [1.82, 2.24) is 10.2 Å². The quantitative estimate of drug-likeness (QED) is 0.535. The molecule has 0 bridgehead atoms. The number of H-pyrrole nitrogens is 1. The molecule has 2 aromatic rings. The molecule has 2 rings (SSSR count). The Balaban J connectivity index is 2.12. The van der Waals surface area contributed by atoms with E-state index in [1.165, 1.54) is 19.3 Å². The molecule has 0 unspecified atom stereocenters. The van der Waals surface area contributed by atoms with Gasteiger partial charge in [0.2, 0.25) is 5.88 Å². The molecule has 1 N–H and O–H groups in total. The molecule has 1 aromatic carbocycles. The molecule has 1 amide bonds. The minimum Gasteiger partial charge on any atom is -0.478 e. The van der Waals surface area contributed by atoms with E-state index in [4.69, 9.17) is 9.47 Å². The Labute approximate surface area is 167 Å². The van der Waals surface area contributed by atoms with Crippen LogP contribution in [0.2, 0.25) is 0 Å². The van der Waals surface area contributed by atoms with Crippen LogP contribution in [-0.2, 0) is 4.74 Å². The normalized spacial score (nSPS) is 11.4. The summed E-state index contributed by atoms with van der Waals surface area (Å²) in [7, 11) is 0. The van der Waals surface area contributed by atoms with E-state index in [2.05, 4.69) is 29.0 Å². The summed E-state index contributed by atoms with van der Waals surface area (Å²) in [4.78, 5) is 16.3. The third kappa shape index (κ3) is 7.55. The lowest BCUT2D eigenvalue weighted by Gasteiger charge is -2.07. The van der Waals surface area contributed by atoms with Crippen molar-refractivity contribution in [3.8, 4) is 17.1 Å². The smallest absolute Gasteiger partial charge is 0.434 e. The Kier molecular flexibility index (Phi) is 9.83. The SMILES string of the molecule is CCCCCCCOC(=O)N=c1cc(OCCCC)[nH]nc1-c1ccccc1. The van der Waals surface area contributed by atoms with Gasteiger partial charge in [-0.05, 0) is 12.8 Å². The van der Waals surface area contributed by atoms with E-state index in [0.29, 0.717) is 30.1 Å². The summed E-state index contributed by atoms with van der Waals surface area (Å²) in [5.74, 6) is 0.485. The summed E-state index contributed by atoms with van der Waals surface area (Å²) >= 11 is 0. The zero-order chi connectivity index (χ0) is 20.0. The first-order chi connectivity index (χ1) is 13.7. The van der Waals surface area contributed by atoms with Crippen LogP contribution >= 0.6 is 0 Å². The first-order valence-corrected chi connectivity index (χ1v) is 10.2. The van der Waals surface area contributed by atoms with Crippen molar-refractivity contribution in [3.05, 3.63) is 41.8 Å². The van der Waals surface area contributed by atoms with Gasteiger partial charge in [0.05, 0.1) is 13.2 Å². The number of benzene rings is 1. The van der Waals surface area contributed by atoms with Crippen molar-refractivity contribution in [2.75, 3.05) is 13.2 Å². The van der Waals surface area contributed by atoms with E-state index in [1.807, 2.05) is 30.3 Å². The van der Waals surface area contributed by atoms with Crippen LogP contribution in [0.4, 0.5) is 4.79 Å². The van der Waals surface area contributed by atoms with Gasteiger partial charge in [-0.15, -0.1) is 0 Å². The third-order valence-electron chi connectivity index (χ3n) is 4.28. The number of rotatable bonds is 11. The Bertz CT molecular complexity index is 772. The molecule has 0 fully saturated rings. The van der Waals surface area contributed by atoms with E-state index in [1.54, 1.807) is 6.07 Å². The molecule has 6 heteroatoms. The molecule has 0 aliphatic heterocycles. The number of amides is 1. The van der Waals surface area contributed by atoms with Crippen molar-refractivity contribution < 1.29 is 14.3 Å². The summed E-state index contributed by atoms with van der Waals surface area (Å²) in [5.41, 5.74) is 1.45. The van der Waals surface area contributed by atoms with Crippen LogP contribution in [0.3, 0.4) is 0 Å². The topological polar surface area (TPSA) is 76.6 Å². The van der Waals surface area contributed by atoms with Crippen molar-refractivity contribution in [1.29, 1.82) is 0 Å². The second kappa shape index (κ2) is 12.7. The number of nitrogens with zero attached hydrogens (tertiary/aromatic N) is 2. The first-order valence-electron chi connectivity index (χ1n) is 10.2. The predicted molar refractivity (Wildman–Crippen MR) is 110 cm³/mol. The first kappa shape index (κ1) is 21.7. The highest BCUT2D eigenvalue weighted by Gasteiger charge is 2.08. The zero-order valence-electron chi connectivity index (χ0n) is 16.9. The van der Waals surface area contributed by atoms with Crippen molar-refractivity contribution in [2.24, 2.45) is 4.99 Å². The Morgan fingerprint density at radius 2 is 1.75 bits per heavy atom.